The lowest BCUT2D eigenvalue weighted by Gasteiger charge is -2.12. The Kier molecular flexibility index (Phi) is 3.96. The van der Waals surface area contributed by atoms with E-state index in [1.807, 2.05) is 38.2 Å². The molecule has 0 aliphatic heterocycles. The summed E-state index contributed by atoms with van der Waals surface area (Å²) in [5.41, 5.74) is 2.41. The van der Waals surface area contributed by atoms with Crippen LogP contribution in [0.5, 0.6) is 0 Å². The van der Waals surface area contributed by atoms with Crippen molar-refractivity contribution < 1.29 is 8.78 Å². The molecule has 0 aromatic heterocycles. The SMILES string of the molecule is CNC(C)c1ccc(-c2ccc(C)c(F)c2F)cc1. The van der Waals surface area contributed by atoms with E-state index in [4.69, 9.17) is 0 Å². The largest absolute Gasteiger partial charge is 0.313 e. The number of benzene rings is 2. The van der Waals surface area contributed by atoms with E-state index in [0.29, 0.717) is 16.7 Å². The van der Waals surface area contributed by atoms with Crippen LogP contribution in [0.4, 0.5) is 8.78 Å². The molecule has 2 aromatic rings. The van der Waals surface area contributed by atoms with Crippen molar-refractivity contribution in [3.8, 4) is 11.1 Å². The van der Waals surface area contributed by atoms with Crippen LogP contribution in [0.1, 0.15) is 24.1 Å². The van der Waals surface area contributed by atoms with Crippen LogP contribution in [-0.4, -0.2) is 7.05 Å². The minimum Gasteiger partial charge on any atom is -0.313 e. The summed E-state index contributed by atoms with van der Waals surface area (Å²) < 4.78 is 27.4. The summed E-state index contributed by atoms with van der Waals surface area (Å²) in [6, 6.07) is 10.9. The van der Waals surface area contributed by atoms with Crippen LogP contribution < -0.4 is 5.32 Å². The molecular formula is C16H17F2N. The summed E-state index contributed by atoms with van der Waals surface area (Å²) >= 11 is 0. The second-order valence-electron chi connectivity index (χ2n) is 4.69. The minimum atomic E-state index is -0.783. The Balaban J connectivity index is 2.40. The Morgan fingerprint density at radius 2 is 1.58 bits per heavy atom. The second kappa shape index (κ2) is 5.49. The first-order valence-electron chi connectivity index (χ1n) is 6.26. The molecule has 19 heavy (non-hydrogen) atoms. The van der Waals surface area contributed by atoms with Crippen molar-refractivity contribution in [1.82, 2.24) is 5.32 Å². The topological polar surface area (TPSA) is 12.0 Å². The van der Waals surface area contributed by atoms with E-state index in [2.05, 4.69) is 5.32 Å². The predicted molar refractivity (Wildman–Crippen MR) is 74.0 cm³/mol. The molecule has 100 valence electrons. The van der Waals surface area contributed by atoms with E-state index < -0.39 is 11.6 Å². The number of rotatable bonds is 3. The molecule has 0 spiro atoms. The molecule has 0 amide bonds. The maximum atomic E-state index is 13.9. The molecular weight excluding hydrogens is 244 g/mol. The molecule has 0 saturated heterocycles. The van der Waals surface area contributed by atoms with Gasteiger partial charge in [-0.3, -0.25) is 0 Å². The standard InChI is InChI=1S/C16H17F2N/c1-10-4-9-14(16(18)15(10)17)13-7-5-12(6-8-13)11(2)19-3/h4-9,11,19H,1-3H3. The Morgan fingerprint density at radius 3 is 2.16 bits per heavy atom. The third-order valence-corrected chi connectivity index (χ3v) is 3.43. The molecule has 0 heterocycles. The molecule has 1 nitrogen and oxygen atoms in total. The molecule has 0 aliphatic carbocycles. The van der Waals surface area contributed by atoms with Crippen molar-refractivity contribution in [1.29, 1.82) is 0 Å². The number of aryl methyl sites for hydroxylation is 1. The van der Waals surface area contributed by atoms with Gasteiger partial charge in [-0.1, -0.05) is 36.4 Å². The fourth-order valence-electron chi connectivity index (χ4n) is 1.99. The van der Waals surface area contributed by atoms with Crippen molar-refractivity contribution in [2.45, 2.75) is 19.9 Å². The normalized spacial score (nSPS) is 12.5. The zero-order chi connectivity index (χ0) is 14.0. The quantitative estimate of drug-likeness (QED) is 0.872. The first-order chi connectivity index (χ1) is 9.04. The van der Waals surface area contributed by atoms with Crippen LogP contribution in [0, 0.1) is 18.6 Å². The highest BCUT2D eigenvalue weighted by atomic mass is 19.2. The summed E-state index contributed by atoms with van der Waals surface area (Å²) in [5, 5.41) is 3.13. The van der Waals surface area contributed by atoms with Gasteiger partial charge in [0, 0.05) is 11.6 Å². The second-order valence-corrected chi connectivity index (χ2v) is 4.69. The van der Waals surface area contributed by atoms with Crippen LogP contribution in [0.2, 0.25) is 0 Å². The lowest BCUT2D eigenvalue weighted by Crippen LogP contribution is -2.11. The Hall–Kier alpha value is -1.74. The average Bonchev–Trinajstić information content (AvgIpc) is 2.44. The average molecular weight is 261 g/mol. The highest BCUT2D eigenvalue weighted by Gasteiger charge is 2.12. The monoisotopic (exact) mass is 261 g/mol. The molecule has 1 unspecified atom stereocenters. The lowest BCUT2D eigenvalue weighted by atomic mass is 10.00. The molecule has 0 aliphatic rings. The lowest BCUT2D eigenvalue weighted by molar-refractivity contribution is 0.505. The minimum absolute atomic E-state index is 0.230. The zero-order valence-corrected chi connectivity index (χ0v) is 11.3. The third kappa shape index (κ3) is 2.66. The number of halogens is 2. The molecule has 2 rings (SSSR count). The van der Waals surface area contributed by atoms with Crippen molar-refractivity contribution in [2.24, 2.45) is 0 Å². The first-order valence-corrected chi connectivity index (χ1v) is 6.26. The van der Waals surface area contributed by atoms with Gasteiger partial charge in [-0.25, -0.2) is 8.78 Å². The molecule has 0 bridgehead atoms. The maximum absolute atomic E-state index is 13.9. The molecule has 1 N–H and O–H groups in total. The van der Waals surface area contributed by atoms with Gasteiger partial charge in [0.05, 0.1) is 0 Å². The van der Waals surface area contributed by atoms with Crippen molar-refractivity contribution >= 4 is 0 Å². The van der Waals surface area contributed by atoms with Gasteiger partial charge in [-0.15, -0.1) is 0 Å². The van der Waals surface area contributed by atoms with Crippen LogP contribution in [0.25, 0.3) is 11.1 Å². The van der Waals surface area contributed by atoms with Crippen molar-refractivity contribution in [2.75, 3.05) is 7.05 Å². The van der Waals surface area contributed by atoms with E-state index >= 15 is 0 Å². The van der Waals surface area contributed by atoms with Gasteiger partial charge in [0.25, 0.3) is 0 Å². The third-order valence-electron chi connectivity index (χ3n) is 3.43. The van der Waals surface area contributed by atoms with Gasteiger partial charge in [0.15, 0.2) is 11.6 Å². The van der Waals surface area contributed by atoms with Gasteiger partial charge in [-0.2, -0.15) is 0 Å². The first kappa shape index (κ1) is 13.7. The van der Waals surface area contributed by atoms with E-state index in [0.717, 1.165) is 5.56 Å². The highest BCUT2D eigenvalue weighted by molar-refractivity contribution is 5.65. The maximum Gasteiger partial charge on any atom is 0.166 e. The fourth-order valence-corrected chi connectivity index (χ4v) is 1.99. The van der Waals surface area contributed by atoms with Crippen molar-refractivity contribution in [3.05, 3.63) is 59.2 Å². The highest BCUT2D eigenvalue weighted by Crippen LogP contribution is 2.27. The summed E-state index contributed by atoms with van der Waals surface area (Å²) in [5.74, 6) is -1.56. The predicted octanol–water partition coefficient (Wildman–Crippen LogP) is 4.22. The molecule has 0 fully saturated rings. The molecule has 0 saturated carbocycles. The summed E-state index contributed by atoms with van der Waals surface area (Å²) in [4.78, 5) is 0. The van der Waals surface area contributed by atoms with Crippen LogP contribution in [0.3, 0.4) is 0 Å². The summed E-state index contributed by atoms with van der Waals surface area (Å²) in [6.45, 7) is 3.60. The number of nitrogens with one attached hydrogen (secondary N) is 1. The Morgan fingerprint density at radius 1 is 0.947 bits per heavy atom. The van der Waals surface area contributed by atoms with E-state index in [1.54, 1.807) is 19.1 Å². The van der Waals surface area contributed by atoms with E-state index in [1.165, 1.54) is 0 Å². The van der Waals surface area contributed by atoms with Gasteiger partial charge in [0.2, 0.25) is 0 Å². The molecule has 3 heteroatoms. The Bertz CT molecular complexity index is 576. The van der Waals surface area contributed by atoms with Crippen LogP contribution >= 0.6 is 0 Å². The van der Waals surface area contributed by atoms with Gasteiger partial charge >= 0.3 is 0 Å². The van der Waals surface area contributed by atoms with Crippen LogP contribution in [-0.2, 0) is 0 Å². The molecule has 1 atom stereocenters. The Labute approximate surface area is 112 Å². The number of hydrogen-bond acceptors (Lipinski definition) is 1. The smallest absolute Gasteiger partial charge is 0.166 e. The van der Waals surface area contributed by atoms with Crippen molar-refractivity contribution in [3.63, 3.8) is 0 Å². The summed E-state index contributed by atoms with van der Waals surface area (Å²) in [7, 11) is 1.88. The van der Waals surface area contributed by atoms with Gasteiger partial charge in [-0.05, 0) is 37.6 Å². The number of hydrogen-bond donors (Lipinski definition) is 1. The van der Waals surface area contributed by atoms with Gasteiger partial charge < -0.3 is 5.32 Å². The van der Waals surface area contributed by atoms with E-state index in [-0.39, 0.29) is 6.04 Å². The molecule has 2 aromatic carbocycles. The zero-order valence-electron chi connectivity index (χ0n) is 11.3. The summed E-state index contributed by atoms with van der Waals surface area (Å²) in [6.07, 6.45) is 0. The van der Waals surface area contributed by atoms with Crippen LogP contribution in [0.15, 0.2) is 36.4 Å². The van der Waals surface area contributed by atoms with Gasteiger partial charge in [0.1, 0.15) is 0 Å². The van der Waals surface area contributed by atoms with E-state index in [9.17, 15) is 8.78 Å². The molecule has 0 radical (unpaired) electrons. The fraction of sp³-hybridized carbons (Fsp3) is 0.250.